The second-order valence-electron chi connectivity index (χ2n) is 3.91. The minimum Gasteiger partial charge on any atom is -0.481 e. The van der Waals surface area contributed by atoms with E-state index in [1.165, 1.54) is 19.2 Å². The summed E-state index contributed by atoms with van der Waals surface area (Å²) in [5, 5.41) is 11.4. The van der Waals surface area contributed by atoms with Crippen molar-refractivity contribution in [1.82, 2.24) is 0 Å². The Labute approximate surface area is 108 Å². The zero-order valence-electron chi connectivity index (χ0n) is 10.2. The number of alkyl halides is 3. The number of nitrogens with one attached hydrogen (secondary N) is 1. The van der Waals surface area contributed by atoms with Crippen LogP contribution in [0.4, 0.5) is 18.9 Å². The molecule has 1 atom stereocenters. The minimum absolute atomic E-state index is 0.176. The molecule has 1 rings (SSSR count). The molecule has 19 heavy (non-hydrogen) atoms. The van der Waals surface area contributed by atoms with Crippen molar-refractivity contribution in [2.24, 2.45) is 0 Å². The summed E-state index contributed by atoms with van der Waals surface area (Å²) in [7, 11) is 1.38. The van der Waals surface area contributed by atoms with E-state index in [-0.39, 0.29) is 13.0 Å². The van der Waals surface area contributed by atoms with Gasteiger partial charge in [0.05, 0.1) is 18.1 Å². The van der Waals surface area contributed by atoms with Crippen molar-refractivity contribution in [2.75, 3.05) is 19.0 Å². The van der Waals surface area contributed by atoms with Gasteiger partial charge in [0.25, 0.3) is 0 Å². The lowest BCUT2D eigenvalue weighted by molar-refractivity contribution is -0.139. The van der Waals surface area contributed by atoms with Gasteiger partial charge in [-0.15, -0.1) is 0 Å². The predicted molar refractivity (Wildman–Crippen MR) is 63.0 cm³/mol. The Bertz CT molecular complexity index is 417. The van der Waals surface area contributed by atoms with Gasteiger partial charge in [-0.25, -0.2) is 0 Å². The maximum atomic E-state index is 12.3. The molecule has 1 aromatic carbocycles. The molecule has 4 nitrogen and oxygen atoms in total. The quantitative estimate of drug-likeness (QED) is 0.839. The summed E-state index contributed by atoms with van der Waals surface area (Å²) in [4.78, 5) is 10.5. The third kappa shape index (κ3) is 5.17. The number of carbonyl (C=O) groups is 1. The van der Waals surface area contributed by atoms with Crippen molar-refractivity contribution in [3.8, 4) is 0 Å². The van der Waals surface area contributed by atoms with Crippen molar-refractivity contribution < 1.29 is 27.8 Å². The third-order valence-corrected chi connectivity index (χ3v) is 2.48. The van der Waals surface area contributed by atoms with Gasteiger partial charge in [-0.3, -0.25) is 4.79 Å². The van der Waals surface area contributed by atoms with E-state index in [0.717, 1.165) is 12.1 Å². The Morgan fingerprint density at radius 3 is 2.37 bits per heavy atom. The number of halogens is 3. The van der Waals surface area contributed by atoms with Crippen LogP contribution >= 0.6 is 0 Å². The zero-order valence-corrected chi connectivity index (χ0v) is 10.2. The molecular weight excluding hydrogens is 263 g/mol. The highest BCUT2D eigenvalue weighted by Gasteiger charge is 2.29. The standard InChI is InChI=1S/C12H14F3NO3/c1-19-10(6-11(17)18)7-16-9-4-2-8(3-5-9)12(13,14)15/h2-5,10,16H,6-7H2,1H3,(H,17,18). The number of anilines is 1. The van der Waals surface area contributed by atoms with Crippen LogP contribution in [0.15, 0.2) is 24.3 Å². The number of hydrogen-bond donors (Lipinski definition) is 2. The fraction of sp³-hybridized carbons (Fsp3) is 0.417. The fourth-order valence-electron chi connectivity index (χ4n) is 1.44. The first kappa shape index (κ1) is 15.3. The molecule has 0 spiro atoms. The van der Waals surface area contributed by atoms with Gasteiger partial charge in [0.1, 0.15) is 0 Å². The normalized spacial score (nSPS) is 13.1. The van der Waals surface area contributed by atoms with Gasteiger partial charge in [0.15, 0.2) is 0 Å². The Hall–Kier alpha value is -1.76. The van der Waals surface area contributed by atoms with Crippen LogP contribution in [0.25, 0.3) is 0 Å². The number of ether oxygens (including phenoxy) is 1. The molecule has 0 radical (unpaired) electrons. The molecule has 0 aliphatic rings. The molecule has 0 heterocycles. The lowest BCUT2D eigenvalue weighted by atomic mass is 10.2. The van der Waals surface area contributed by atoms with Gasteiger partial charge < -0.3 is 15.2 Å². The lowest BCUT2D eigenvalue weighted by Gasteiger charge is -2.15. The van der Waals surface area contributed by atoms with Gasteiger partial charge in [0.2, 0.25) is 0 Å². The molecule has 2 N–H and O–H groups in total. The molecule has 0 aliphatic heterocycles. The van der Waals surface area contributed by atoms with E-state index in [4.69, 9.17) is 9.84 Å². The summed E-state index contributed by atoms with van der Waals surface area (Å²) < 4.78 is 41.9. The van der Waals surface area contributed by atoms with Crippen LogP contribution in [0.3, 0.4) is 0 Å². The molecular formula is C12H14F3NO3. The number of methoxy groups -OCH3 is 1. The second kappa shape index (κ2) is 6.42. The molecule has 0 fully saturated rings. The molecule has 0 aromatic heterocycles. The van der Waals surface area contributed by atoms with Crippen LogP contribution in [0.2, 0.25) is 0 Å². The van der Waals surface area contributed by atoms with Crippen LogP contribution < -0.4 is 5.32 Å². The van der Waals surface area contributed by atoms with Crippen LogP contribution in [0.5, 0.6) is 0 Å². The Kier molecular flexibility index (Phi) is 5.17. The van der Waals surface area contributed by atoms with Gasteiger partial charge in [0, 0.05) is 19.3 Å². The van der Waals surface area contributed by atoms with E-state index in [0.29, 0.717) is 5.69 Å². The summed E-state index contributed by atoms with van der Waals surface area (Å²) in [6, 6.07) is 4.50. The van der Waals surface area contributed by atoms with Crippen molar-refractivity contribution in [3.05, 3.63) is 29.8 Å². The topological polar surface area (TPSA) is 58.6 Å². The Morgan fingerprint density at radius 1 is 1.37 bits per heavy atom. The average molecular weight is 277 g/mol. The van der Waals surface area contributed by atoms with E-state index >= 15 is 0 Å². The number of rotatable bonds is 6. The number of carboxylic acid groups (broad SMARTS) is 1. The van der Waals surface area contributed by atoms with Crippen molar-refractivity contribution in [1.29, 1.82) is 0 Å². The highest BCUT2D eigenvalue weighted by molar-refractivity contribution is 5.67. The fourth-order valence-corrected chi connectivity index (χ4v) is 1.44. The molecule has 0 aliphatic carbocycles. The zero-order chi connectivity index (χ0) is 14.5. The SMILES string of the molecule is COC(CNc1ccc(C(F)(F)F)cc1)CC(=O)O. The Balaban J connectivity index is 2.56. The van der Waals surface area contributed by atoms with Gasteiger partial charge >= 0.3 is 12.1 Å². The molecule has 0 amide bonds. The Morgan fingerprint density at radius 2 is 1.95 bits per heavy atom. The molecule has 0 saturated carbocycles. The summed E-state index contributed by atoms with van der Waals surface area (Å²) in [6.07, 6.45) is -5.08. The number of carboxylic acids is 1. The third-order valence-electron chi connectivity index (χ3n) is 2.48. The van der Waals surface area contributed by atoms with E-state index in [2.05, 4.69) is 5.32 Å². The van der Waals surface area contributed by atoms with Crippen LogP contribution in [0, 0.1) is 0 Å². The molecule has 1 aromatic rings. The van der Waals surface area contributed by atoms with Gasteiger partial charge in [-0.05, 0) is 24.3 Å². The van der Waals surface area contributed by atoms with Gasteiger partial charge in [-0.1, -0.05) is 0 Å². The average Bonchev–Trinajstić information content (AvgIpc) is 2.33. The second-order valence-corrected chi connectivity index (χ2v) is 3.91. The highest BCUT2D eigenvalue weighted by atomic mass is 19.4. The highest BCUT2D eigenvalue weighted by Crippen LogP contribution is 2.29. The maximum Gasteiger partial charge on any atom is 0.416 e. The number of hydrogen-bond acceptors (Lipinski definition) is 3. The van der Waals surface area contributed by atoms with Crippen LogP contribution in [-0.2, 0) is 15.7 Å². The largest absolute Gasteiger partial charge is 0.481 e. The van der Waals surface area contributed by atoms with E-state index in [9.17, 15) is 18.0 Å². The predicted octanol–water partition coefficient (Wildman–Crippen LogP) is 2.61. The first-order valence-corrected chi connectivity index (χ1v) is 5.48. The van der Waals surface area contributed by atoms with Gasteiger partial charge in [-0.2, -0.15) is 13.2 Å². The van der Waals surface area contributed by atoms with E-state index in [1.54, 1.807) is 0 Å². The number of aliphatic carboxylic acids is 1. The summed E-state index contributed by atoms with van der Waals surface area (Å²) in [5.74, 6) is -0.999. The lowest BCUT2D eigenvalue weighted by Crippen LogP contribution is -2.25. The van der Waals surface area contributed by atoms with Crippen LogP contribution in [-0.4, -0.2) is 30.8 Å². The molecule has 1 unspecified atom stereocenters. The minimum atomic E-state index is -4.36. The molecule has 106 valence electrons. The van der Waals surface area contributed by atoms with E-state index < -0.39 is 23.8 Å². The monoisotopic (exact) mass is 277 g/mol. The molecule has 7 heteroatoms. The number of benzene rings is 1. The molecule has 0 saturated heterocycles. The van der Waals surface area contributed by atoms with Crippen molar-refractivity contribution in [2.45, 2.75) is 18.7 Å². The van der Waals surface area contributed by atoms with Crippen molar-refractivity contribution in [3.63, 3.8) is 0 Å². The summed E-state index contributed by atoms with van der Waals surface area (Å²) in [6.45, 7) is 0.203. The van der Waals surface area contributed by atoms with Crippen LogP contribution in [0.1, 0.15) is 12.0 Å². The molecule has 0 bridgehead atoms. The first-order chi connectivity index (χ1) is 8.82. The maximum absolute atomic E-state index is 12.3. The summed E-state index contributed by atoms with van der Waals surface area (Å²) >= 11 is 0. The first-order valence-electron chi connectivity index (χ1n) is 5.48. The smallest absolute Gasteiger partial charge is 0.416 e. The van der Waals surface area contributed by atoms with Crippen molar-refractivity contribution >= 4 is 11.7 Å². The summed E-state index contributed by atoms with van der Waals surface area (Å²) in [5.41, 5.74) is -0.257. The van der Waals surface area contributed by atoms with E-state index in [1.807, 2.05) is 0 Å².